The summed E-state index contributed by atoms with van der Waals surface area (Å²) in [6, 6.07) is 8.30. The van der Waals surface area contributed by atoms with Crippen LogP contribution in [0.2, 0.25) is 0 Å². The van der Waals surface area contributed by atoms with Crippen molar-refractivity contribution in [2.24, 2.45) is 0 Å². The molecule has 6 nitrogen and oxygen atoms in total. The fraction of sp³-hybridized carbons (Fsp3) is 0.0769. The van der Waals surface area contributed by atoms with Crippen LogP contribution in [-0.2, 0) is 0 Å². The van der Waals surface area contributed by atoms with E-state index < -0.39 is 11.5 Å². The number of benzene rings is 1. The van der Waals surface area contributed by atoms with E-state index in [1.54, 1.807) is 30.3 Å². The number of hydrogen-bond donors (Lipinski definition) is 2. The highest BCUT2D eigenvalue weighted by atomic mass is 16.5. The summed E-state index contributed by atoms with van der Waals surface area (Å²) in [4.78, 5) is 3.14. The third-order valence-corrected chi connectivity index (χ3v) is 2.64. The minimum atomic E-state index is -0.595. The van der Waals surface area contributed by atoms with Crippen LogP contribution in [0.25, 0.3) is 10.5 Å². The fourth-order valence-electron chi connectivity index (χ4n) is 1.72. The van der Waals surface area contributed by atoms with Gasteiger partial charge in [-0.05, 0) is 24.3 Å². The van der Waals surface area contributed by atoms with Gasteiger partial charge in [-0.3, -0.25) is 0 Å². The average molecular weight is 255 g/mol. The number of hydrogen-bond acceptors (Lipinski definition) is 4. The van der Waals surface area contributed by atoms with Crippen molar-refractivity contribution in [3.05, 3.63) is 41.4 Å². The van der Waals surface area contributed by atoms with Crippen molar-refractivity contribution < 1.29 is 14.9 Å². The van der Waals surface area contributed by atoms with Gasteiger partial charge in [0.15, 0.2) is 5.75 Å². The highest BCUT2D eigenvalue weighted by molar-refractivity contribution is 5.70. The first-order chi connectivity index (χ1) is 9.13. The molecule has 1 heterocycles. The summed E-state index contributed by atoms with van der Waals surface area (Å²) >= 11 is 0. The predicted octanol–water partition coefficient (Wildman–Crippen LogP) is 2.32. The second kappa shape index (κ2) is 4.63. The molecule has 0 aliphatic rings. The molecule has 94 valence electrons. The van der Waals surface area contributed by atoms with Gasteiger partial charge >= 0.3 is 0 Å². The molecule has 2 N–H and O–H groups in total. The Balaban J connectivity index is 2.71. The number of rotatable bonds is 2. The van der Waals surface area contributed by atoms with E-state index in [1.165, 1.54) is 11.7 Å². The number of nitriles is 1. The molecule has 0 unspecified atom stereocenters. The van der Waals surface area contributed by atoms with Crippen molar-refractivity contribution in [3.63, 3.8) is 0 Å². The van der Waals surface area contributed by atoms with E-state index in [4.69, 9.17) is 16.6 Å². The van der Waals surface area contributed by atoms with Crippen LogP contribution >= 0.6 is 0 Å². The van der Waals surface area contributed by atoms with E-state index in [1.807, 2.05) is 0 Å². The number of aromatic nitrogens is 1. The van der Waals surface area contributed by atoms with Gasteiger partial charge in [0, 0.05) is 0 Å². The summed E-state index contributed by atoms with van der Waals surface area (Å²) in [6.45, 7) is 7.04. The maximum absolute atomic E-state index is 9.63. The Bertz CT molecular complexity index is 665. The number of aromatic hydroxyl groups is 2. The molecule has 2 rings (SSSR count). The molecule has 19 heavy (non-hydrogen) atoms. The zero-order valence-corrected chi connectivity index (χ0v) is 9.95. The zero-order chi connectivity index (χ0) is 14.0. The van der Waals surface area contributed by atoms with Crippen LogP contribution in [0, 0.1) is 17.9 Å². The lowest BCUT2D eigenvalue weighted by Crippen LogP contribution is -1.96. The van der Waals surface area contributed by atoms with Crippen LogP contribution in [0.3, 0.4) is 0 Å². The summed E-state index contributed by atoms with van der Waals surface area (Å²) in [7, 11) is 1.52. The van der Waals surface area contributed by atoms with Crippen molar-refractivity contribution in [2.45, 2.75) is 0 Å². The van der Waals surface area contributed by atoms with Gasteiger partial charge in [-0.25, -0.2) is 4.57 Å². The van der Waals surface area contributed by atoms with Crippen LogP contribution in [0.15, 0.2) is 24.3 Å². The highest BCUT2D eigenvalue weighted by Crippen LogP contribution is 2.43. The highest BCUT2D eigenvalue weighted by Gasteiger charge is 2.25. The summed E-state index contributed by atoms with van der Waals surface area (Å²) in [5.41, 5.74) is 0.285. The summed E-state index contributed by atoms with van der Waals surface area (Å²) in [5, 5.41) is 28.3. The van der Waals surface area contributed by atoms with Crippen molar-refractivity contribution >= 4 is 5.82 Å². The molecule has 0 spiro atoms. The fourth-order valence-corrected chi connectivity index (χ4v) is 1.72. The minimum absolute atomic E-state index is 0.186. The maximum atomic E-state index is 9.63. The molecule has 0 fully saturated rings. The molecule has 0 amide bonds. The largest absolute Gasteiger partial charge is 0.514 e. The third-order valence-electron chi connectivity index (χ3n) is 2.64. The molecule has 0 saturated carbocycles. The molecule has 0 atom stereocenters. The summed E-state index contributed by atoms with van der Waals surface area (Å²) < 4.78 is 6.21. The third kappa shape index (κ3) is 1.81. The second-order valence-corrected chi connectivity index (χ2v) is 3.63. The van der Waals surface area contributed by atoms with Crippen LogP contribution in [0.5, 0.6) is 17.2 Å². The van der Waals surface area contributed by atoms with Gasteiger partial charge in [-0.2, -0.15) is 5.26 Å². The Morgan fingerprint density at radius 3 is 2.37 bits per heavy atom. The smallest absolute Gasteiger partial charge is 0.282 e. The summed E-state index contributed by atoms with van der Waals surface area (Å²) in [5.74, 6) is -0.780. The lowest BCUT2D eigenvalue weighted by atomic mass is 10.3. The Labute approximate surface area is 109 Å². The zero-order valence-electron chi connectivity index (χ0n) is 9.95. The van der Waals surface area contributed by atoms with Gasteiger partial charge in [0.1, 0.15) is 17.5 Å². The number of ether oxygens (including phenoxy) is 1. The molecule has 1 aromatic carbocycles. The number of methoxy groups -OCH3 is 1. The Hall–Kier alpha value is -3.12. The van der Waals surface area contributed by atoms with E-state index in [9.17, 15) is 10.2 Å². The molecule has 0 saturated heterocycles. The first-order valence-corrected chi connectivity index (χ1v) is 5.22. The van der Waals surface area contributed by atoms with E-state index >= 15 is 0 Å². The van der Waals surface area contributed by atoms with Gasteiger partial charge in [-0.1, -0.05) is 6.57 Å². The first kappa shape index (κ1) is 12.3. The normalized spacial score (nSPS) is 9.63. The van der Waals surface area contributed by atoms with Gasteiger partial charge < -0.3 is 19.8 Å². The SMILES string of the molecule is [C-]#[N+]c1c(O)c(O)c(C#N)n1-c1ccc(OC)cc1. The molecule has 0 radical (unpaired) electrons. The van der Waals surface area contributed by atoms with Gasteiger partial charge in [0.2, 0.25) is 11.4 Å². The molecule has 2 aromatic rings. The maximum Gasteiger partial charge on any atom is 0.282 e. The monoisotopic (exact) mass is 255 g/mol. The van der Waals surface area contributed by atoms with Crippen LogP contribution in [-0.4, -0.2) is 21.9 Å². The van der Waals surface area contributed by atoms with Crippen LogP contribution in [0.4, 0.5) is 5.82 Å². The predicted molar refractivity (Wildman–Crippen MR) is 66.6 cm³/mol. The van der Waals surface area contributed by atoms with Crippen LogP contribution < -0.4 is 4.74 Å². The van der Waals surface area contributed by atoms with Gasteiger partial charge in [0.25, 0.3) is 5.82 Å². The molecule has 6 heteroatoms. The molecule has 0 bridgehead atoms. The molecule has 0 aliphatic carbocycles. The first-order valence-electron chi connectivity index (χ1n) is 5.22. The quantitative estimate of drug-likeness (QED) is 0.807. The molecular formula is C13H9N3O3. The topological polar surface area (TPSA) is 82.8 Å². The Morgan fingerprint density at radius 1 is 1.26 bits per heavy atom. The van der Waals surface area contributed by atoms with E-state index in [0.29, 0.717) is 11.4 Å². The Kier molecular flexibility index (Phi) is 3.01. The lowest BCUT2D eigenvalue weighted by molar-refractivity contribution is 0.408. The Morgan fingerprint density at radius 2 is 1.89 bits per heavy atom. The average Bonchev–Trinajstić information content (AvgIpc) is 2.70. The van der Waals surface area contributed by atoms with Gasteiger partial charge in [0.05, 0.1) is 7.11 Å². The van der Waals surface area contributed by atoms with Crippen molar-refractivity contribution in [3.8, 4) is 29.0 Å². The van der Waals surface area contributed by atoms with Crippen LogP contribution in [0.1, 0.15) is 5.69 Å². The number of nitrogens with zero attached hydrogens (tertiary/aromatic N) is 3. The molecular weight excluding hydrogens is 246 g/mol. The van der Waals surface area contributed by atoms with Crippen molar-refractivity contribution in [2.75, 3.05) is 7.11 Å². The van der Waals surface area contributed by atoms with Gasteiger partial charge in [-0.15, -0.1) is 0 Å². The lowest BCUT2D eigenvalue weighted by Gasteiger charge is -2.04. The summed E-state index contributed by atoms with van der Waals surface area (Å²) in [6.07, 6.45) is 0. The van der Waals surface area contributed by atoms with E-state index in [0.717, 1.165) is 0 Å². The molecule has 0 aliphatic heterocycles. The van der Waals surface area contributed by atoms with E-state index in [2.05, 4.69) is 4.85 Å². The standard InChI is InChI=1S/C13H9N3O3/c1-15-13-12(18)11(17)10(7-14)16(13)8-3-5-9(19-2)6-4-8/h3-6,17-18H,2H3. The molecule has 1 aromatic heterocycles. The minimum Gasteiger partial charge on any atom is -0.514 e. The van der Waals surface area contributed by atoms with Crippen molar-refractivity contribution in [1.82, 2.24) is 4.57 Å². The van der Waals surface area contributed by atoms with Crippen molar-refractivity contribution in [1.29, 1.82) is 5.26 Å². The second-order valence-electron chi connectivity index (χ2n) is 3.63. The van der Waals surface area contributed by atoms with E-state index in [-0.39, 0.29) is 11.5 Å².